The second-order valence-corrected chi connectivity index (χ2v) is 7.51. The number of rotatable bonds is 8. The molecule has 11 heteroatoms. The van der Waals surface area contributed by atoms with Gasteiger partial charge in [-0.2, -0.15) is 4.98 Å². The molecule has 4 N–H and O–H groups in total. The number of hydrogen-bond acceptors (Lipinski definition) is 8. The van der Waals surface area contributed by atoms with Gasteiger partial charge in [-0.1, -0.05) is 35.5 Å². The predicted molar refractivity (Wildman–Crippen MR) is 114 cm³/mol. The number of aliphatic hydroxyl groups is 1. The zero-order valence-corrected chi connectivity index (χ0v) is 17.5. The molecular formula is C18H21ClN6O3S. The Morgan fingerprint density at radius 3 is 2.93 bits per heavy atom. The number of aromatic amines is 1. The van der Waals surface area contributed by atoms with E-state index in [-0.39, 0.29) is 25.2 Å². The summed E-state index contributed by atoms with van der Waals surface area (Å²) in [6.45, 7) is 3.71. The number of thioether (sulfide) groups is 1. The van der Waals surface area contributed by atoms with Gasteiger partial charge in [0.1, 0.15) is 5.52 Å². The summed E-state index contributed by atoms with van der Waals surface area (Å²) in [7, 11) is 0. The van der Waals surface area contributed by atoms with Gasteiger partial charge in [0, 0.05) is 16.8 Å². The number of hydrogen-bond donors (Lipinski definition) is 4. The first-order valence-electron chi connectivity index (χ1n) is 8.94. The number of aliphatic hydroxyl groups excluding tert-OH is 1. The molecule has 29 heavy (non-hydrogen) atoms. The van der Waals surface area contributed by atoms with Gasteiger partial charge >= 0.3 is 6.09 Å². The van der Waals surface area contributed by atoms with E-state index >= 15 is 0 Å². The molecule has 0 unspecified atom stereocenters. The quantitative estimate of drug-likeness (QED) is 0.311. The lowest BCUT2D eigenvalue weighted by Gasteiger charge is -2.12. The van der Waals surface area contributed by atoms with Crippen LogP contribution in [0, 0.1) is 0 Å². The number of anilines is 2. The zero-order chi connectivity index (χ0) is 20.8. The largest absolute Gasteiger partial charge is 0.450 e. The summed E-state index contributed by atoms with van der Waals surface area (Å²) in [6, 6.07) is 7.33. The monoisotopic (exact) mass is 436 g/mol. The molecule has 0 aliphatic heterocycles. The van der Waals surface area contributed by atoms with Gasteiger partial charge in [0.2, 0.25) is 5.95 Å². The highest BCUT2D eigenvalue weighted by molar-refractivity contribution is 7.98. The molecule has 2 aromatic heterocycles. The Kier molecular flexibility index (Phi) is 7.13. The van der Waals surface area contributed by atoms with Crippen molar-refractivity contribution < 1.29 is 14.6 Å². The molecule has 0 aliphatic carbocycles. The number of halogens is 1. The molecule has 0 bridgehead atoms. The fourth-order valence-electron chi connectivity index (χ4n) is 2.42. The van der Waals surface area contributed by atoms with E-state index in [0.717, 1.165) is 5.56 Å². The van der Waals surface area contributed by atoms with Gasteiger partial charge < -0.3 is 20.1 Å². The fraction of sp³-hybridized carbons (Fsp3) is 0.333. The first-order chi connectivity index (χ1) is 14.0. The summed E-state index contributed by atoms with van der Waals surface area (Å²) < 4.78 is 4.87. The van der Waals surface area contributed by atoms with Gasteiger partial charge in [-0.15, -0.1) is 0 Å². The topological polar surface area (TPSA) is 125 Å². The summed E-state index contributed by atoms with van der Waals surface area (Å²) in [5.41, 5.74) is 1.94. The van der Waals surface area contributed by atoms with Gasteiger partial charge in [-0.25, -0.2) is 14.8 Å². The lowest BCUT2D eigenvalue weighted by atomic mass is 10.2. The number of carbonyl (C=O) groups is 1. The number of H-pyrrole nitrogens is 1. The number of fused-ring (bicyclic) bond motifs is 1. The molecule has 0 radical (unpaired) electrons. The number of nitrogens with one attached hydrogen (secondary N) is 3. The van der Waals surface area contributed by atoms with Crippen LogP contribution in [0.5, 0.6) is 0 Å². The van der Waals surface area contributed by atoms with Crippen molar-refractivity contribution in [3.63, 3.8) is 0 Å². The van der Waals surface area contributed by atoms with Gasteiger partial charge in [0.25, 0.3) is 0 Å². The molecule has 2 heterocycles. The molecule has 1 atom stereocenters. The highest BCUT2D eigenvalue weighted by Gasteiger charge is 2.16. The molecule has 0 saturated carbocycles. The Hall–Kier alpha value is -2.56. The second-order valence-electron chi connectivity index (χ2n) is 6.13. The van der Waals surface area contributed by atoms with Crippen LogP contribution in [0.3, 0.4) is 0 Å². The van der Waals surface area contributed by atoms with Crippen LogP contribution in [-0.2, 0) is 10.5 Å². The molecule has 3 aromatic rings. The minimum Gasteiger partial charge on any atom is -0.450 e. The zero-order valence-electron chi connectivity index (χ0n) is 15.9. The summed E-state index contributed by atoms with van der Waals surface area (Å²) in [5, 5.41) is 16.2. The normalized spacial score (nSPS) is 12.0. The van der Waals surface area contributed by atoms with Crippen molar-refractivity contribution in [3.05, 3.63) is 34.9 Å². The first-order valence-corrected chi connectivity index (χ1v) is 10.3. The van der Waals surface area contributed by atoms with Crippen molar-refractivity contribution >= 4 is 52.4 Å². The van der Waals surface area contributed by atoms with Crippen LogP contribution >= 0.6 is 23.4 Å². The molecule has 0 spiro atoms. The maximum Gasteiger partial charge on any atom is 0.413 e. The van der Waals surface area contributed by atoms with Gasteiger partial charge in [0.15, 0.2) is 16.6 Å². The SMILES string of the molecule is CCOC(=O)Nc1nc2nc(SCc3cccc(Cl)c3)nc(N[C@H](C)CO)c2[nH]1. The molecule has 0 saturated heterocycles. The van der Waals surface area contributed by atoms with Crippen molar-refractivity contribution in [2.24, 2.45) is 0 Å². The van der Waals surface area contributed by atoms with E-state index in [2.05, 4.69) is 30.6 Å². The van der Waals surface area contributed by atoms with Crippen LogP contribution in [0.2, 0.25) is 5.02 Å². The fourth-order valence-corrected chi connectivity index (χ4v) is 3.42. The van der Waals surface area contributed by atoms with E-state index in [1.165, 1.54) is 11.8 Å². The third-order valence-corrected chi connectivity index (χ3v) is 4.89. The lowest BCUT2D eigenvalue weighted by molar-refractivity contribution is 0.167. The Labute approximate surface area is 176 Å². The number of carbonyl (C=O) groups excluding carboxylic acids is 1. The van der Waals surface area contributed by atoms with Crippen molar-refractivity contribution in [2.75, 3.05) is 23.8 Å². The third kappa shape index (κ3) is 5.72. The average molecular weight is 437 g/mol. The second kappa shape index (κ2) is 9.77. The molecule has 9 nitrogen and oxygen atoms in total. The van der Waals surface area contributed by atoms with Crippen LogP contribution in [0.4, 0.5) is 16.6 Å². The predicted octanol–water partition coefficient (Wildman–Crippen LogP) is 3.66. The Bertz CT molecular complexity index is 999. The van der Waals surface area contributed by atoms with Crippen LogP contribution in [0.25, 0.3) is 11.2 Å². The molecular weight excluding hydrogens is 416 g/mol. The van der Waals surface area contributed by atoms with E-state index in [9.17, 15) is 9.90 Å². The van der Waals surface area contributed by atoms with Crippen molar-refractivity contribution in [2.45, 2.75) is 30.8 Å². The molecule has 1 amide bonds. The number of benzene rings is 1. The Balaban J connectivity index is 1.88. The van der Waals surface area contributed by atoms with E-state index in [0.29, 0.717) is 32.9 Å². The van der Waals surface area contributed by atoms with Crippen LogP contribution < -0.4 is 10.6 Å². The maximum absolute atomic E-state index is 11.7. The summed E-state index contributed by atoms with van der Waals surface area (Å²) >= 11 is 7.46. The summed E-state index contributed by atoms with van der Waals surface area (Å²) in [5.74, 6) is 1.30. The van der Waals surface area contributed by atoms with E-state index in [4.69, 9.17) is 16.3 Å². The average Bonchev–Trinajstić information content (AvgIpc) is 3.09. The lowest BCUT2D eigenvalue weighted by Crippen LogP contribution is -2.20. The third-order valence-electron chi connectivity index (χ3n) is 3.74. The van der Waals surface area contributed by atoms with Gasteiger partial charge in [0.05, 0.1) is 13.2 Å². The van der Waals surface area contributed by atoms with Crippen molar-refractivity contribution in [1.29, 1.82) is 0 Å². The van der Waals surface area contributed by atoms with E-state index in [1.54, 1.807) is 6.92 Å². The summed E-state index contributed by atoms with van der Waals surface area (Å²) in [6.07, 6.45) is -0.617. The van der Waals surface area contributed by atoms with Gasteiger partial charge in [-0.3, -0.25) is 5.32 Å². The van der Waals surface area contributed by atoms with Crippen molar-refractivity contribution in [3.8, 4) is 0 Å². The number of imidazole rings is 1. The number of aromatic nitrogens is 4. The Morgan fingerprint density at radius 1 is 1.38 bits per heavy atom. The standard InChI is InChI=1S/C18H21ClN6O3S/c1-3-28-18(27)25-16-21-13-14(20-10(2)8-26)23-17(24-15(13)22-16)29-9-11-5-4-6-12(19)7-11/h4-7,10,26H,3,8-9H2,1-2H3,(H3,20,21,22,23,24,25,27)/t10-/m1/s1. The molecule has 0 aliphatic rings. The van der Waals surface area contributed by atoms with Gasteiger partial charge in [-0.05, 0) is 31.5 Å². The number of amides is 1. The highest BCUT2D eigenvalue weighted by Crippen LogP contribution is 2.27. The van der Waals surface area contributed by atoms with Crippen molar-refractivity contribution in [1.82, 2.24) is 19.9 Å². The molecule has 0 fully saturated rings. The number of nitrogens with zero attached hydrogens (tertiary/aromatic N) is 3. The van der Waals surface area contributed by atoms with E-state index in [1.807, 2.05) is 31.2 Å². The smallest absolute Gasteiger partial charge is 0.413 e. The highest BCUT2D eigenvalue weighted by atomic mass is 35.5. The minimum absolute atomic E-state index is 0.0709. The summed E-state index contributed by atoms with van der Waals surface area (Å²) in [4.78, 5) is 27.9. The van der Waals surface area contributed by atoms with Crippen LogP contribution in [0.15, 0.2) is 29.4 Å². The van der Waals surface area contributed by atoms with E-state index < -0.39 is 6.09 Å². The molecule has 3 rings (SSSR count). The van der Waals surface area contributed by atoms with Crippen LogP contribution in [-0.4, -0.2) is 50.4 Å². The molecule has 1 aromatic carbocycles. The Morgan fingerprint density at radius 2 is 2.21 bits per heavy atom. The number of ether oxygens (including phenoxy) is 1. The first kappa shape index (κ1) is 21.2. The molecule has 154 valence electrons. The van der Waals surface area contributed by atoms with Crippen LogP contribution in [0.1, 0.15) is 19.4 Å². The maximum atomic E-state index is 11.7. The minimum atomic E-state index is -0.617.